The summed E-state index contributed by atoms with van der Waals surface area (Å²) in [4.78, 5) is 3.96. The van der Waals surface area contributed by atoms with Crippen molar-refractivity contribution in [2.75, 3.05) is 14.2 Å². The number of methoxy groups -OCH3 is 2. The molecule has 4 heteroatoms. The molecule has 1 aromatic heterocycles. The summed E-state index contributed by atoms with van der Waals surface area (Å²) in [6.45, 7) is 0. The molecule has 94 valence electrons. The van der Waals surface area contributed by atoms with Gasteiger partial charge in [-0.1, -0.05) is 17.7 Å². The molecule has 2 aromatic rings. The Balaban J connectivity index is 2.24. The third-order valence-electron chi connectivity index (χ3n) is 2.65. The summed E-state index contributed by atoms with van der Waals surface area (Å²) >= 11 is 5.86. The molecule has 0 amide bonds. The Labute approximate surface area is 111 Å². The van der Waals surface area contributed by atoms with E-state index in [1.54, 1.807) is 20.4 Å². The maximum absolute atomic E-state index is 5.86. The van der Waals surface area contributed by atoms with E-state index in [-0.39, 0.29) is 0 Å². The van der Waals surface area contributed by atoms with Crippen LogP contribution < -0.4 is 9.47 Å². The van der Waals surface area contributed by atoms with Gasteiger partial charge >= 0.3 is 0 Å². The zero-order chi connectivity index (χ0) is 13.0. The molecular formula is C14H14ClNO2. The molecule has 0 fully saturated rings. The van der Waals surface area contributed by atoms with Gasteiger partial charge in [0.15, 0.2) is 11.5 Å². The molecule has 2 rings (SSSR count). The van der Waals surface area contributed by atoms with Crippen LogP contribution in [0.5, 0.6) is 11.5 Å². The number of aromatic nitrogens is 1. The molecule has 18 heavy (non-hydrogen) atoms. The minimum absolute atomic E-state index is 0.507. The van der Waals surface area contributed by atoms with Crippen molar-refractivity contribution in [2.45, 2.75) is 6.42 Å². The van der Waals surface area contributed by atoms with Gasteiger partial charge in [0, 0.05) is 6.20 Å². The van der Waals surface area contributed by atoms with Gasteiger partial charge in [0.05, 0.1) is 14.2 Å². The van der Waals surface area contributed by atoms with Crippen molar-refractivity contribution < 1.29 is 9.47 Å². The van der Waals surface area contributed by atoms with Crippen LogP contribution in [-0.2, 0) is 6.42 Å². The van der Waals surface area contributed by atoms with E-state index in [2.05, 4.69) is 4.98 Å². The number of rotatable bonds is 4. The summed E-state index contributed by atoms with van der Waals surface area (Å²) in [6, 6.07) is 9.68. The molecule has 0 spiro atoms. The Morgan fingerprint density at radius 1 is 1.00 bits per heavy atom. The molecular weight excluding hydrogens is 250 g/mol. The topological polar surface area (TPSA) is 31.4 Å². The number of pyridine rings is 1. The Morgan fingerprint density at radius 2 is 1.72 bits per heavy atom. The molecule has 0 aliphatic rings. The van der Waals surface area contributed by atoms with E-state index in [0.717, 1.165) is 29.0 Å². The van der Waals surface area contributed by atoms with Gasteiger partial charge in [-0.05, 0) is 41.8 Å². The number of hydrogen-bond donors (Lipinski definition) is 0. The van der Waals surface area contributed by atoms with E-state index < -0.39 is 0 Å². The molecule has 0 atom stereocenters. The normalized spacial score (nSPS) is 10.2. The lowest BCUT2D eigenvalue weighted by Gasteiger charge is -2.09. The van der Waals surface area contributed by atoms with Gasteiger partial charge < -0.3 is 9.47 Å². The number of nitrogens with zero attached hydrogens (tertiary/aromatic N) is 1. The molecule has 0 saturated heterocycles. The van der Waals surface area contributed by atoms with Gasteiger partial charge in [-0.3, -0.25) is 0 Å². The highest BCUT2D eigenvalue weighted by atomic mass is 35.5. The largest absolute Gasteiger partial charge is 0.493 e. The van der Waals surface area contributed by atoms with Crippen molar-refractivity contribution in [2.24, 2.45) is 0 Å². The predicted molar refractivity (Wildman–Crippen MR) is 71.6 cm³/mol. The Hall–Kier alpha value is -1.74. The molecule has 0 bridgehead atoms. The van der Waals surface area contributed by atoms with Crippen LogP contribution >= 0.6 is 11.6 Å². The molecule has 0 aliphatic carbocycles. The fourth-order valence-electron chi connectivity index (χ4n) is 1.78. The van der Waals surface area contributed by atoms with Crippen molar-refractivity contribution >= 4 is 11.6 Å². The summed E-state index contributed by atoms with van der Waals surface area (Å²) in [5.41, 5.74) is 2.25. The average Bonchev–Trinajstić information content (AvgIpc) is 2.38. The van der Waals surface area contributed by atoms with E-state index in [1.807, 2.05) is 30.3 Å². The standard InChI is InChI=1S/C14H14ClNO2/c1-17-12-4-3-10(8-13(12)18-2)7-11-5-6-16-14(15)9-11/h3-6,8-9H,7H2,1-2H3. The second-order valence-electron chi connectivity index (χ2n) is 3.85. The first-order chi connectivity index (χ1) is 8.72. The van der Waals surface area contributed by atoms with Crippen LogP contribution in [0.15, 0.2) is 36.5 Å². The van der Waals surface area contributed by atoms with Crippen molar-refractivity contribution in [3.05, 3.63) is 52.8 Å². The van der Waals surface area contributed by atoms with E-state index in [1.165, 1.54) is 0 Å². The Kier molecular flexibility index (Phi) is 4.05. The summed E-state index contributed by atoms with van der Waals surface area (Å²) in [5, 5.41) is 0.507. The molecule has 0 unspecified atom stereocenters. The van der Waals surface area contributed by atoms with Gasteiger partial charge in [0.2, 0.25) is 0 Å². The van der Waals surface area contributed by atoms with Gasteiger partial charge in [-0.2, -0.15) is 0 Å². The molecule has 3 nitrogen and oxygen atoms in total. The van der Waals surface area contributed by atoms with Crippen molar-refractivity contribution in [1.29, 1.82) is 0 Å². The van der Waals surface area contributed by atoms with Gasteiger partial charge in [0.1, 0.15) is 5.15 Å². The third kappa shape index (κ3) is 2.93. The zero-order valence-electron chi connectivity index (χ0n) is 10.3. The summed E-state index contributed by atoms with van der Waals surface area (Å²) in [5.74, 6) is 1.46. The highest BCUT2D eigenvalue weighted by molar-refractivity contribution is 6.29. The lowest BCUT2D eigenvalue weighted by atomic mass is 10.1. The minimum atomic E-state index is 0.507. The SMILES string of the molecule is COc1ccc(Cc2ccnc(Cl)c2)cc1OC. The fraction of sp³-hybridized carbons (Fsp3) is 0.214. The number of ether oxygens (including phenoxy) is 2. The maximum Gasteiger partial charge on any atom is 0.160 e. The van der Waals surface area contributed by atoms with Crippen LogP contribution in [0.1, 0.15) is 11.1 Å². The molecule has 0 aliphatic heterocycles. The Morgan fingerprint density at radius 3 is 2.39 bits per heavy atom. The number of halogens is 1. The lowest BCUT2D eigenvalue weighted by Crippen LogP contribution is -1.94. The smallest absolute Gasteiger partial charge is 0.160 e. The molecule has 1 heterocycles. The molecule has 0 radical (unpaired) electrons. The van der Waals surface area contributed by atoms with Gasteiger partial charge in [-0.15, -0.1) is 0 Å². The second-order valence-corrected chi connectivity index (χ2v) is 4.24. The first-order valence-corrected chi connectivity index (χ1v) is 5.92. The predicted octanol–water partition coefficient (Wildman–Crippen LogP) is 3.34. The third-order valence-corrected chi connectivity index (χ3v) is 2.85. The van der Waals surface area contributed by atoms with Crippen LogP contribution in [0.25, 0.3) is 0 Å². The number of hydrogen-bond acceptors (Lipinski definition) is 3. The minimum Gasteiger partial charge on any atom is -0.493 e. The average molecular weight is 264 g/mol. The van der Waals surface area contributed by atoms with Crippen LogP contribution in [0.2, 0.25) is 5.15 Å². The van der Waals surface area contributed by atoms with E-state index in [0.29, 0.717) is 5.15 Å². The quantitative estimate of drug-likeness (QED) is 0.793. The summed E-state index contributed by atoms with van der Waals surface area (Å²) in [7, 11) is 3.26. The van der Waals surface area contributed by atoms with E-state index in [9.17, 15) is 0 Å². The van der Waals surface area contributed by atoms with Crippen molar-refractivity contribution in [3.63, 3.8) is 0 Å². The van der Waals surface area contributed by atoms with Crippen LogP contribution in [0.4, 0.5) is 0 Å². The van der Waals surface area contributed by atoms with Crippen molar-refractivity contribution in [1.82, 2.24) is 4.98 Å². The fourth-order valence-corrected chi connectivity index (χ4v) is 1.98. The van der Waals surface area contributed by atoms with E-state index in [4.69, 9.17) is 21.1 Å². The zero-order valence-corrected chi connectivity index (χ0v) is 11.1. The van der Waals surface area contributed by atoms with Crippen LogP contribution in [0.3, 0.4) is 0 Å². The highest BCUT2D eigenvalue weighted by Gasteiger charge is 2.05. The van der Waals surface area contributed by atoms with Gasteiger partial charge in [-0.25, -0.2) is 4.98 Å². The van der Waals surface area contributed by atoms with Gasteiger partial charge in [0.25, 0.3) is 0 Å². The molecule has 0 N–H and O–H groups in total. The highest BCUT2D eigenvalue weighted by Crippen LogP contribution is 2.28. The first-order valence-electron chi connectivity index (χ1n) is 5.54. The summed E-state index contributed by atoms with van der Waals surface area (Å²) < 4.78 is 10.5. The summed E-state index contributed by atoms with van der Waals surface area (Å²) in [6.07, 6.45) is 2.49. The van der Waals surface area contributed by atoms with Crippen molar-refractivity contribution in [3.8, 4) is 11.5 Å². The maximum atomic E-state index is 5.86. The van der Waals surface area contributed by atoms with E-state index >= 15 is 0 Å². The van der Waals surface area contributed by atoms with Crippen LogP contribution in [-0.4, -0.2) is 19.2 Å². The molecule has 1 aromatic carbocycles. The lowest BCUT2D eigenvalue weighted by molar-refractivity contribution is 0.354. The molecule has 0 saturated carbocycles. The second kappa shape index (κ2) is 5.74. The Bertz CT molecular complexity index is 543. The number of benzene rings is 1. The van der Waals surface area contributed by atoms with Crippen LogP contribution in [0, 0.1) is 0 Å². The first kappa shape index (κ1) is 12.7. The monoisotopic (exact) mass is 263 g/mol.